The summed E-state index contributed by atoms with van der Waals surface area (Å²) in [6, 6.07) is 14.4. The van der Waals surface area contributed by atoms with Crippen molar-refractivity contribution in [2.75, 3.05) is 37.7 Å². The number of morpholine rings is 1. The van der Waals surface area contributed by atoms with Crippen LogP contribution in [0.5, 0.6) is 0 Å². The Morgan fingerprint density at radius 2 is 1.81 bits per heavy atom. The van der Waals surface area contributed by atoms with Crippen molar-refractivity contribution in [1.82, 2.24) is 9.29 Å². The largest absolute Gasteiger partial charge is 0.379 e. The van der Waals surface area contributed by atoms with E-state index in [9.17, 15) is 8.42 Å². The van der Waals surface area contributed by atoms with E-state index in [4.69, 9.17) is 4.74 Å². The van der Waals surface area contributed by atoms with E-state index in [1.807, 2.05) is 12.1 Å². The molecule has 1 atom stereocenters. The number of rotatable bonds is 5. The zero-order valence-corrected chi connectivity index (χ0v) is 16.1. The molecule has 0 spiro atoms. The molecule has 2 fully saturated rings. The molecule has 0 aliphatic carbocycles. The van der Waals surface area contributed by atoms with Gasteiger partial charge in [-0.05, 0) is 37.0 Å². The van der Waals surface area contributed by atoms with E-state index in [1.165, 1.54) is 16.1 Å². The molecular formula is C20H25N3O3S. The van der Waals surface area contributed by atoms with Crippen molar-refractivity contribution in [2.45, 2.75) is 30.2 Å². The third kappa shape index (κ3) is 4.00. The average Bonchev–Trinajstić information content (AvgIpc) is 3.17. The molecule has 0 radical (unpaired) electrons. The molecule has 1 unspecified atom stereocenters. The van der Waals surface area contributed by atoms with E-state index >= 15 is 0 Å². The number of benzene rings is 1. The third-order valence-corrected chi connectivity index (χ3v) is 7.20. The van der Waals surface area contributed by atoms with Crippen LogP contribution in [0.15, 0.2) is 53.6 Å². The highest BCUT2D eigenvalue weighted by Crippen LogP contribution is 2.27. The molecule has 2 saturated heterocycles. The first kappa shape index (κ1) is 18.4. The van der Waals surface area contributed by atoms with Gasteiger partial charge in [-0.15, -0.1) is 0 Å². The Morgan fingerprint density at radius 3 is 2.52 bits per heavy atom. The highest BCUT2D eigenvalue weighted by Gasteiger charge is 2.29. The number of ether oxygens (including phenoxy) is 1. The van der Waals surface area contributed by atoms with Gasteiger partial charge in [0, 0.05) is 31.9 Å². The lowest BCUT2D eigenvalue weighted by Gasteiger charge is -2.27. The molecule has 0 N–H and O–H groups in total. The molecule has 7 heteroatoms. The van der Waals surface area contributed by atoms with Crippen LogP contribution in [0.25, 0.3) is 0 Å². The molecule has 1 aromatic carbocycles. The maximum atomic E-state index is 12.7. The molecule has 2 aromatic rings. The molecule has 6 nitrogen and oxygen atoms in total. The second-order valence-corrected chi connectivity index (χ2v) is 8.99. The van der Waals surface area contributed by atoms with Crippen LogP contribution in [0.3, 0.4) is 0 Å². The van der Waals surface area contributed by atoms with Crippen molar-refractivity contribution < 1.29 is 13.2 Å². The van der Waals surface area contributed by atoms with Crippen LogP contribution in [0, 0.1) is 0 Å². The smallest absolute Gasteiger partial charge is 0.244 e. The van der Waals surface area contributed by atoms with E-state index in [-0.39, 0.29) is 4.90 Å². The summed E-state index contributed by atoms with van der Waals surface area (Å²) in [5, 5.41) is 0. The zero-order chi connectivity index (χ0) is 18.7. The molecule has 3 heterocycles. The van der Waals surface area contributed by atoms with Gasteiger partial charge in [-0.3, -0.25) is 0 Å². The normalized spacial score (nSPS) is 21.5. The zero-order valence-electron chi connectivity index (χ0n) is 15.3. The van der Waals surface area contributed by atoms with Crippen LogP contribution in [0.1, 0.15) is 18.4 Å². The van der Waals surface area contributed by atoms with Crippen molar-refractivity contribution in [3.8, 4) is 0 Å². The van der Waals surface area contributed by atoms with E-state index < -0.39 is 10.0 Å². The van der Waals surface area contributed by atoms with Crippen LogP contribution in [-0.2, 0) is 21.2 Å². The Hall–Kier alpha value is -1.96. The predicted octanol–water partition coefficient (Wildman–Crippen LogP) is 2.31. The van der Waals surface area contributed by atoms with Gasteiger partial charge in [-0.25, -0.2) is 13.4 Å². The van der Waals surface area contributed by atoms with Crippen molar-refractivity contribution in [3.63, 3.8) is 0 Å². The van der Waals surface area contributed by atoms with Gasteiger partial charge < -0.3 is 9.64 Å². The molecule has 2 aliphatic rings. The fourth-order valence-corrected chi connectivity index (χ4v) is 5.22. The van der Waals surface area contributed by atoms with Gasteiger partial charge in [-0.2, -0.15) is 4.31 Å². The number of pyridine rings is 1. The predicted molar refractivity (Wildman–Crippen MR) is 104 cm³/mol. The maximum absolute atomic E-state index is 12.7. The van der Waals surface area contributed by atoms with Crippen molar-refractivity contribution in [3.05, 3.63) is 54.2 Å². The van der Waals surface area contributed by atoms with Gasteiger partial charge in [0.2, 0.25) is 10.0 Å². The second kappa shape index (κ2) is 7.96. The van der Waals surface area contributed by atoms with E-state index in [2.05, 4.69) is 34.1 Å². The monoisotopic (exact) mass is 387 g/mol. The fraction of sp³-hybridized carbons (Fsp3) is 0.450. The summed E-state index contributed by atoms with van der Waals surface area (Å²) in [5.74, 6) is 0.856. The summed E-state index contributed by atoms with van der Waals surface area (Å²) < 4.78 is 32.2. The van der Waals surface area contributed by atoms with Gasteiger partial charge in [0.25, 0.3) is 0 Å². The standard InChI is InChI=1S/C20H25N3O3S/c24-27(25,22-11-13-26-14-12-22)19-8-9-20(21-16-19)23-10-4-7-18(23)15-17-5-2-1-3-6-17/h1-3,5-6,8-9,16,18H,4,7,10-15H2. The number of anilines is 1. The Balaban J connectivity index is 1.49. The Kier molecular flexibility index (Phi) is 5.43. The van der Waals surface area contributed by atoms with E-state index in [0.717, 1.165) is 31.6 Å². The number of aromatic nitrogens is 1. The fourth-order valence-electron chi connectivity index (χ4n) is 3.87. The van der Waals surface area contributed by atoms with Crippen LogP contribution in [-0.4, -0.2) is 56.6 Å². The van der Waals surface area contributed by atoms with Crippen molar-refractivity contribution in [1.29, 1.82) is 0 Å². The SMILES string of the molecule is O=S(=O)(c1ccc(N2CCCC2Cc2ccccc2)nc1)N1CCOCC1. The van der Waals surface area contributed by atoms with Gasteiger partial charge in [0.05, 0.1) is 13.2 Å². The summed E-state index contributed by atoms with van der Waals surface area (Å²) >= 11 is 0. The minimum Gasteiger partial charge on any atom is -0.379 e. The molecule has 144 valence electrons. The molecule has 0 saturated carbocycles. The lowest BCUT2D eigenvalue weighted by Crippen LogP contribution is -2.40. The van der Waals surface area contributed by atoms with Gasteiger partial charge >= 0.3 is 0 Å². The summed E-state index contributed by atoms with van der Waals surface area (Å²) in [4.78, 5) is 7.06. The van der Waals surface area contributed by atoms with Gasteiger partial charge in [0.1, 0.15) is 10.7 Å². The van der Waals surface area contributed by atoms with E-state index in [0.29, 0.717) is 32.3 Å². The molecule has 0 amide bonds. The average molecular weight is 388 g/mol. The lowest BCUT2D eigenvalue weighted by atomic mass is 10.0. The highest BCUT2D eigenvalue weighted by molar-refractivity contribution is 7.89. The first-order chi connectivity index (χ1) is 13.1. The molecule has 0 bridgehead atoms. The number of nitrogens with zero attached hydrogens (tertiary/aromatic N) is 3. The summed E-state index contributed by atoms with van der Waals surface area (Å²) in [6.45, 7) is 2.64. The minimum atomic E-state index is -3.49. The molecule has 1 aromatic heterocycles. The number of hydrogen-bond acceptors (Lipinski definition) is 5. The number of sulfonamides is 1. The van der Waals surface area contributed by atoms with Crippen LogP contribution in [0.4, 0.5) is 5.82 Å². The number of hydrogen-bond donors (Lipinski definition) is 0. The van der Waals surface area contributed by atoms with Crippen LogP contribution < -0.4 is 4.90 Å². The van der Waals surface area contributed by atoms with Crippen LogP contribution >= 0.6 is 0 Å². The quantitative estimate of drug-likeness (QED) is 0.788. The van der Waals surface area contributed by atoms with Gasteiger partial charge in [0.15, 0.2) is 0 Å². The van der Waals surface area contributed by atoms with Crippen molar-refractivity contribution in [2.24, 2.45) is 0 Å². The lowest BCUT2D eigenvalue weighted by molar-refractivity contribution is 0.0730. The van der Waals surface area contributed by atoms with Crippen molar-refractivity contribution >= 4 is 15.8 Å². The summed E-state index contributed by atoms with van der Waals surface area (Å²) in [5.41, 5.74) is 1.32. The topological polar surface area (TPSA) is 62.7 Å². The summed E-state index contributed by atoms with van der Waals surface area (Å²) in [6.07, 6.45) is 4.74. The molecule has 4 rings (SSSR count). The maximum Gasteiger partial charge on any atom is 0.244 e. The Morgan fingerprint density at radius 1 is 1.04 bits per heavy atom. The molecule has 27 heavy (non-hydrogen) atoms. The summed E-state index contributed by atoms with van der Waals surface area (Å²) in [7, 11) is -3.49. The second-order valence-electron chi connectivity index (χ2n) is 7.05. The van der Waals surface area contributed by atoms with Gasteiger partial charge in [-0.1, -0.05) is 30.3 Å². The Labute approximate surface area is 160 Å². The minimum absolute atomic E-state index is 0.256. The van der Waals surface area contributed by atoms with Crippen LogP contribution in [0.2, 0.25) is 0 Å². The third-order valence-electron chi connectivity index (χ3n) is 5.31. The molecular weight excluding hydrogens is 362 g/mol. The molecule has 2 aliphatic heterocycles. The first-order valence-electron chi connectivity index (χ1n) is 9.49. The highest BCUT2D eigenvalue weighted by atomic mass is 32.2. The first-order valence-corrected chi connectivity index (χ1v) is 10.9. The van der Waals surface area contributed by atoms with E-state index in [1.54, 1.807) is 6.07 Å². The Bertz CT molecular complexity index is 850.